The van der Waals surface area contributed by atoms with E-state index in [0.717, 1.165) is 17.3 Å². The maximum Gasteiger partial charge on any atom is 0.409 e. The molecule has 3 aromatic rings. The van der Waals surface area contributed by atoms with E-state index in [1.165, 1.54) is 4.57 Å². The Morgan fingerprint density at radius 3 is 2.29 bits per heavy atom. The van der Waals surface area contributed by atoms with Gasteiger partial charge in [0.2, 0.25) is 0 Å². The van der Waals surface area contributed by atoms with Gasteiger partial charge in [0.15, 0.2) is 5.16 Å². The molecule has 0 radical (unpaired) electrons. The Hall–Kier alpha value is -3.86. The number of nitrogens with zero attached hydrogens (tertiary/aromatic N) is 4. The molecule has 1 saturated heterocycles. The molecule has 4 rings (SSSR count). The summed E-state index contributed by atoms with van der Waals surface area (Å²) in [6.07, 6.45) is -0.380. The predicted molar refractivity (Wildman–Crippen MR) is 143 cm³/mol. The molecule has 0 aliphatic carbocycles. The average molecular weight is 539 g/mol. The molecule has 1 aromatic heterocycles. The van der Waals surface area contributed by atoms with Crippen LogP contribution in [-0.2, 0) is 20.8 Å². The molecule has 2 amide bonds. The Morgan fingerprint density at radius 2 is 1.61 bits per heavy atom. The first-order chi connectivity index (χ1) is 18.4. The Bertz CT molecular complexity index is 1370. The fraction of sp³-hybridized carbons (Fsp3) is 0.370. The van der Waals surface area contributed by atoms with E-state index in [1.54, 1.807) is 41.8 Å². The van der Waals surface area contributed by atoms with E-state index in [-0.39, 0.29) is 29.9 Å². The lowest BCUT2D eigenvalue weighted by molar-refractivity contribution is -0.139. The molecule has 0 N–H and O–H groups in total. The Kier molecular flexibility index (Phi) is 9.01. The van der Waals surface area contributed by atoms with E-state index in [9.17, 15) is 19.2 Å². The largest absolute Gasteiger partial charge is 0.465 e. The molecule has 0 spiro atoms. The van der Waals surface area contributed by atoms with E-state index in [2.05, 4.69) is 4.98 Å². The van der Waals surface area contributed by atoms with Crippen molar-refractivity contribution >= 4 is 40.6 Å². The first-order valence-electron chi connectivity index (χ1n) is 12.5. The van der Waals surface area contributed by atoms with Crippen molar-refractivity contribution in [2.24, 2.45) is 0 Å². The number of hydrogen-bond donors (Lipinski definition) is 0. The van der Waals surface area contributed by atoms with Gasteiger partial charge in [0.05, 0.1) is 36.4 Å². The molecular weight excluding hydrogens is 508 g/mol. The lowest BCUT2D eigenvalue weighted by Gasteiger charge is -2.34. The first kappa shape index (κ1) is 27.2. The number of benzene rings is 2. The van der Waals surface area contributed by atoms with Crippen molar-refractivity contribution in [3.63, 3.8) is 0 Å². The third kappa shape index (κ3) is 6.34. The average Bonchev–Trinajstić information content (AvgIpc) is 2.94. The van der Waals surface area contributed by atoms with E-state index < -0.39 is 5.97 Å². The minimum Gasteiger partial charge on any atom is -0.465 e. The van der Waals surface area contributed by atoms with Crippen molar-refractivity contribution in [1.82, 2.24) is 19.4 Å². The van der Waals surface area contributed by atoms with Gasteiger partial charge in [0.25, 0.3) is 11.5 Å². The van der Waals surface area contributed by atoms with E-state index >= 15 is 0 Å². The van der Waals surface area contributed by atoms with Crippen LogP contribution in [0.2, 0.25) is 0 Å². The smallest absolute Gasteiger partial charge is 0.409 e. The number of piperazine rings is 1. The number of carbonyl (C=O) groups is 3. The van der Waals surface area contributed by atoms with Gasteiger partial charge >= 0.3 is 12.1 Å². The van der Waals surface area contributed by atoms with Gasteiger partial charge in [-0.25, -0.2) is 9.78 Å². The molecule has 10 nitrogen and oxygen atoms in total. The number of fused-ring (bicyclic) bond motifs is 1. The molecule has 0 unspecified atom stereocenters. The molecule has 2 heterocycles. The second kappa shape index (κ2) is 12.6. The van der Waals surface area contributed by atoms with Crippen molar-refractivity contribution in [1.29, 1.82) is 0 Å². The maximum absolute atomic E-state index is 13.5. The van der Waals surface area contributed by atoms with Crippen LogP contribution in [0.5, 0.6) is 0 Å². The van der Waals surface area contributed by atoms with Crippen LogP contribution in [0, 0.1) is 0 Å². The minimum atomic E-state index is -0.399. The molecule has 2 aromatic carbocycles. The van der Waals surface area contributed by atoms with Gasteiger partial charge in [0.1, 0.15) is 0 Å². The second-order valence-electron chi connectivity index (χ2n) is 8.58. The van der Waals surface area contributed by atoms with Gasteiger partial charge in [-0.3, -0.25) is 19.0 Å². The maximum atomic E-state index is 13.5. The molecule has 1 aliphatic rings. The third-order valence-electron chi connectivity index (χ3n) is 6.07. The Labute approximate surface area is 224 Å². The van der Waals surface area contributed by atoms with Crippen LogP contribution in [0.3, 0.4) is 0 Å². The van der Waals surface area contributed by atoms with Crippen LogP contribution in [0.15, 0.2) is 58.5 Å². The zero-order valence-corrected chi connectivity index (χ0v) is 22.2. The van der Waals surface area contributed by atoms with Crippen LogP contribution < -0.4 is 5.56 Å². The molecule has 0 atom stereocenters. The number of aromatic nitrogens is 2. The highest BCUT2D eigenvalue weighted by Gasteiger charge is 2.26. The summed E-state index contributed by atoms with van der Waals surface area (Å²) >= 11 is 1.13. The van der Waals surface area contributed by atoms with E-state index in [4.69, 9.17) is 9.47 Å². The summed E-state index contributed by atoms with van der Waals surface area (Å²) in [6, 6.07) is 14.4. The third-order valence-corrected chi connectivity index (χ3v) is 7.02. The number of esters is 1. The van der Waals surface area contributed by atoms with Gasteiger partial charge in [0, 0.05) is 31.7 Å². The molecule has 38 heavy (non-hydrogen) atoms. The monoisotopic (exact) mass is 538 g/mol. The Balaban J connectivity index is 1.61. The van der Waals surface area contributed by atoms with Crippen LogP contribution in [-0.4, -0.2) is 82.5 Å². The predicted octanol–water partition coefficient (Wildman–Crippen LogP) is 3.01. The fourth-order valence-corrected chi connectivity index (χ4v) is 4.96. The summed E-state index contributed by atoms with van der Waals surface area (Å²) in [5.74, 6) is -0.598. The van der Waals surface area contributed by atoms with Gasteiger partial charge in [-0.2, -0.15) is 0 Å². The van der Waals surface area contributed by atoms with Crippen molar-refractivity contribution in [2.75, 3.05) is 45.1 Å². The molecule has 0 bridgehead atoms. The highest BCUT2D eigenvalue weighted by atomic mass is 32.2. The fourth-order valence-electron chi connectivity index (χ4n) is 4.16. The Morgan fingerprint density at radius 1 is 0.921 bits per heavy atom. The SMILES string of the molecule is CCOC(=O)CSc1nc2cc(C(=O)N3CCN(C(=O)OCC)CC3)ccc2c(=O)n1Cc1ccccc1. The highest BCUT2D eigenvalue weighted by molar-refractivity contribution is 7.99. The van der Waals surface area contributed by atoms with Crippen molar-refractivity contribution in [3.05, 3.63) is 70.0 Å². The van der Waals surface area contributed by atoms with Crippen LogP contribution in [0.25, 0.3) is 10.9 Å². The topological polar surface area (TPSA) is 111 Å². The van der Waals surface area contributed by atoms with Gasteiger partial charge in [-0.05, 0) is 37.6 Å². The second-order valence-corrected chi connectivity index (χ2v) is 9.52. The van der Waals surface area contributed by atoms with Gasteiger partial charge < -0.3 is 19.3 Å². The van der Waals surface area contributed by atoms with E-state index in [1.807, 2.05) is 30.3 Å². The summed E-state index contributed by atoms with van der Waals surface area (Å²) in [4.78, 5) is 58.6. The van der Waals surface area contributed by atoms with E-state index in [0.29, 0.717) is 61.0 Å². The van der Waals surface area contributed by atoms with Crippen LogP contribution in [0.1, 0.15) is 29.8 Å². The number of carbonyl (C=O) groups excluding carboxylic acids is 3. The molecule has 1 aliphatic heterocycles. The van der Waals surface area contributed by atoms with Crippen LogP contribution in [0.4, 0.5) is 4.79 Å². The number of amides is 2. The zero-order chi connectivity index (χ0) is 27.1. The highest BCUT2D eigenvalue weighted by Crippen LogP contribution is 2.21. The standard InChI is InChI=1S/C27H30N4O6S/c1-3-36-23(32)18-38-26-28-22-16-20(24(33)29-12-14-30(15-13-29)27(35)37-4-2)10-11-21(22)25(34)31(26)17-19-8-6-5-7-9-19/h5-11,16H,3-4,12-15,17-18H2,1-2H3. The van der Waals surface area contributed by atoms with Crippen molar-refractivity contribution in [3.8, 4) is 0 Å². The summed E-state index contributed by atoms with van der Waals surface area (Å²) < 4.78 is 11.6. The molecule has 11 heteroatoms. The summed E-state index contributed by atoms with van der Waals surface area (Å²) in [5.41, 5.74) is 1.44. The van der Waals surface area contributed by atoms with Crippen LogP contribution >= 0.6 is 11.8 Å². The van der Waals surface area contributed by atoms with Gasteiger partial charge in [-0.15, -0.1) is 0 Å². The number of hydrogen-bond acceptors (Lipinski definition) is 8. The first-order valence-corrected chi connectivity index (χ1v) is 13.5. The lowest BCUT2D eigenvalue weighted by atomic mass is 10.1. The number of thioether (sulfide) groups is 1. The number of ether oxygens (including phenoxy) is 2. The lowest BCUT2D eigenvalue weighted by Crippen LogP contribution is -2.50. The summed E-state index contributed by atoms with van der Waals surface area (Å²) in [6.45, 7) is 5.87. The summed E-state index contributed by atoms with van der Waals surface area (Å²) in [5, 5.41) is 0.747. The zero-order valence-electron chi connectivity index (χ0n) is 21.4. The normalized spacial score (nSPS) is 13.4. The van der Waals surface area contributed by atoms with Crippen molar-refractivity contribution < 1.29 is 23.9 Å². The minimum absolute atomic E-state index is 0.00391. The summed E-state index contributed by atoms with van der Waals surface area (Å²) in [7, 11) is 0. The van der Waals surface area contributed by atoms with Gasteiger partial charge in [-0.1, -0.05) is 42.1 Å². The molecule has 200 valence electrons. The van der Waals surface area contributed by atoms with Crippen molar-refractivity contribution in [2.45, 2.75) is 25.5 Å². The molecule has 1 fully saturated rings. The molecule has 0 saturated carbocycles. The quantitative estimate of drug-likeness (QED) is 0.245. The number of rotatable bonds is 8. The molecular formula is C27H30N4O6S.